The Balaban J connectivity index is 1.77. The molecule has 0 aromatic heterocycles. The van der Waals surface area contributed by atoms with Gasteiger partial charge in [0.1, 0.15) is 0 Å². The molecule has 0 radical (unpaired) electrons. The number of benzene rings is 1. The van der Waals surface area contributed by atoms with E-state index >= 15 is 0 Å². The van der Waals surface area contributed by atoms with Gasteiger partial charge in [0.05, 0.1) is 11.4 Å². The monoisotopic (exact) mass is 245 g/mol. The molecular formula is C15H23N3. The number of para-hydroxylation sites is 2. The van der Waals surface area contributed by atoms with Crippen molar-refractivity contribution in [3.8, 4) is 0 Å². The zero-order chi connectivity index (χ0) is 12.8. The molecule has 1 aliphatic carbocycles. The van der Waals surface area contributed by atoms with Gasteiger partial charge in [0.25, 0.3) is 0 Å². The van der Waals surface area contributed by atoms with Crippen LogP contribution >= 0.6 is 0 Å². The average molecular weight is 245 g/mol. The number of aliphatic imine (C=N–C) groups is 1. The van der Waals surface area contributed by atoms with Crippen LogP contribution in [0.5, 0.6) is 0 Å². The van der Waals surface area contributed by atoms with Crippen LogP contribution in [0.4, 0.5) is 11.4 Å². The Morgan fingerprint density at radius 1 is 1.28 bits per heavy atom. The molecule has 0 unspecified atom stereocenters. The SMILES string of the molecule is C/N=C/C1CCC(CNc2ccccc2N)CC1. The van der Waals surface area contributed by atoms with Crippen molar-refractivity contribution in [2.45, 2.75) is 25.7 Å². The standard InChI is InChI=1S/C15H23N3/c1-17-10-12-6-8-13(9-7-12)11-18-15-5-3-2-4-14(15)16/h2-5,10,12-13,18H,6-9,11,16H2,1H3/b17-10+. The van der Waals surface area contributed by atoms with Crippen LogP contribution in [0.25, 0.3) is 0 Å². The van der Waals surface area contributed by atoms with Gasteiger partial charge in [-0.05, 0) is 49.7 Å². The van der Waals surface area contributed by atoms with E-state index in [9.17, 15) is 0 Å². The summed E-state index contributed by atoms with van der Waals surface area (Å²) in [5.41, 5.74) is 7.82. The molecule has 1 fully saturated rings. The first kappa shape index (κ1) is 12.9. The highest BCUT2D eigenvalue weighted by atomic mass is 14.9. The van der Waals surface area contributed by atoms with E-state index in [1.807, 2.05) is 31.3 Å². The molecule has 98 valence electrons. The number of hydrogen-bond donors (Lipinski definition) is 2. The van der Waals surface area contributed by atoms with Crippen molar-refractivity contribution in [1.29, 1.82) is 0 Å². The summed E-state index contributed by atoms with van der Waals surface area (Å²) < 4.78 is 0. The van der Waals surface area contributed by atoms with Crippen molar-refractivity contribution in [3.63, 3.8) is 0 Å². The van der Waals surface area contributed by atoms with E-state index in [2.05, 4.69) is 16.5 Å². The molecular weight excluding hydrogens is 222 g/mol. The predicted octanol–water partition coefficient (Wildman–Crippen LogP) is 3.19. The van der Waals surface area contributed by atoms with Gasteiger partial charge in [-0.2, -0.15) is 0 Å². The molecule has 1 saturated carbocycles. The van der Waals surface area contributed by atoms with Crippen molar-refractivity contribution in [2.75, 3.05) is 24.6 Å². The second-order valence-corrected chi connectivity index (χ2v) is 5.16. The summed E-state index contributed by atoms with van der Waals surface area (Å²) in [7, 11) is 1.87. The third kappa shape index (κ3) is 3.49. The van der Waals surface area contributed by atoms with Gasteiger partial charge in [-0.15, -0.1) is 0 Å². The summed E-state index contributed by atoms with van der Waals surface area (Å²) in [5.74, 6) is 1.47. The van der Waals surface area contributed by atoms with E-state index in [1.54, 1.807) is 0 Å². The van der Waals surface area contributed by atoms with Gasteiger partial charge in [-0.25, -0.2) is 0 Å². The second kappa shape index (κ2) is 6.43. The van der Waals surface area contributed by atoms with E-state index in [0.29, 0.717) is 5.92 Å². The van der Waals surface area contributed by atoms with Crippen LogP contribution in [0.1, 0.15) is 25.7 Å². The lowest BCUT2D eigenvalue weighted by Gasteiger charge is -2.26. The Morgan fingerprint density at radius 2 is 2.00 bits per heavy atom. The Morgan fingerprint density at radius 3 is 2.67 bits per heavy atom. The first-order valence-electron chi connectivity index (χ1n) is 6.80. The van der Waals surface area contributed by atoms with Crippen molar-refractivity contribution in [1.82, 2.24) is 0 Å². The van der Waals surface area contributed by atoms with Crippen molar-refractivity contribution in [3.05, 3.63) is 24.3 Å². The van der Waals surface area contributed by atoms with E-state index < -0.39 is 0 Å². The highest BCUT2D eigenvalue weighted by Gasteiger charge is 2.19. The van der Waals surface area contributed by atoms with Crippen LogP contribution in [-0.4, -0.2) is 19.8 Å². The molecule has 18 heavy (non-hydrogen) atoms. The topological polar surface area (TPSA) is 50.4 Å². The van der Waals surface area contributed by atoms with Crippen LogP contribution in [0, 0.1) is 11.8 Å². The largest absolute Gasteiger partial charge is 0.397 e. The molecule has 1 aromatic rings. The fraction of sp³-hybridized carbons (Fsp3) is 0.533. The van der Waals surface area contributed by atoms with Crippen LogP contribution in [0.2, 0.25) is 0 Å². The first-order chi connectivity index (χ1) is 8.79. The van der Waals surface area contributed by atoms with E-state index in [4.69, 9.17) is 5.73 Å². The molecule has 0 heterocycles. The highest BCUT2D eigenvalue weighted by molar-refractivity contribution is 5.65. The van der Waals surface area contributed by atoms with Crippen molar-refractivity contribution >= 4 is 17.6 Å². The molecule has 0 saturated heterocycles. The minimum atomic E-state index is 0.702. The lowest BCUT2D eigenvalue weighted by molar-refractivity contribution is 0.338. The molecule has 2 rings (SSSR count). The van der Waals surface area contributed by atoms with Crippen LogP contribution < -0.4 is 11.1 Å². The summed E-state index contributed by atoms with van der Waals surface area (Å²) in [4.78, 5) is 4.13. The predicted molar refractivity (Wildman–Crippen MR) is 79.2 cm³/mol. The number of hydrogen-bond acceptors (Lipinski definition) is 3. The third-order valence-corrected chi connectivity index (χ3v) is 3.79. The van der Waals surface area contributed by atoms with Gasteiger partial charge in [0.15, 0.2) is 0 Å². The molecule has 0 bridgehead atoms. The van der Waals surface area contributed by atoms with Crippen molar-refractivity contribution in [2.24, 2.45) is 16.8 Å². The Bertz CT molecular complexity index is 392. The summed E-state index contributed by atoms with van der Waals surface area (Å²) in [6.07, 6.45) is 7.23. The Hall–Kier alpha value is -1.51. The molecule has 3 heteroatoms. The fourth-order valence-electron chi connectivity index (χ4n) is 2.66. The molecule has 3 N–H and O–H groups in total. The Labute approximate surface area is 109 Å². The molecule has 1 aliphatic rings. The zero-order valence-electron chi connectivity index (χ0n) is 11.1. The number of nitrogens with two attached hydrogens (primary N) is 1. The van der Waals surface area contributed by atoms with E-state index in [-0.39, 0.29) is 0 Å². The smallest absolute Gasteiger partial charge is 0.0573 e. The summed E-state index contributed by atoms with van der Waals surface area (Å²) >= 11 is 0. The number of nitrogens with zero attached hydrogens (tertiary/aromatic N) is 1. The number of anilines is 2. The Kier molecular flexibility index (Phi) is 4.62. The summed E-state index contributed by atoms with van der Waals surface area (Å²) in [6, 6.07) is 7.98. The number of rotatable bonds is 4. The molecule has 0 atom stereocenters. The second-order valence-electron chi connectivity index (χ2n) is 5.16. The average Bonchev–Trinajstić information content (AvgIpc) is 2.40. The maximum absolute atomic E-state index is 5.92. The number of nitrogens with one attached hydrogen (secondary N) is 1. The van der Waals surface area contributed by atoms with E-state index in [0.717, 1.165) is 23.8 Å². The third-order valence-electron chi connectivity index (χ3n) is 3.79. The van der Waals surface area contributed by atoms with Gasteiger partial charge in [0, 0.05) is 19.8 Å². The van der Waals surface area contributed by atoms with Crippen molar-refractivity contribution < 1.29 is 0 Å². The van der Waals surface area contributed by atoms with Gasteiger partial charge in [0.2, 0.25) is 0 Å². The first-order valence-corrected chi connectivity index (χ1v) is 6.80. The molecule has 1 aromatic carbocycles. The van der Waals surface area contributed by atoms with Gasteiger partial charge in [-0.1, -0.05) is 12.1 Å². The van der Waals surface area contributed by atoms with E-state index in [1.165, 1.54) is 25.7 Å². The summed E-state index contributed by atoms with van der Waals surface area (Å²) in [6.45, 7) is 1.03. The van der Waals surface area contributed by atoms with Gasteiger partial charge in [-0.3, -0.25) is 0 Å². The minimum absolute atomic E-state index is 0.702. The number of nitrogen functional groups attached to an aromatic ring is 1. The fourth-order valence-corrected chi connectivity index (χ4v) is 2.66. The minimum Gasteiger partial charge on any atom is -0.397 e. The molecule has 3 nitrogen and oxygen atoms in total. The molecule has 0 spiro atoms. The van der Waals surface area contributed by atoms with Crippen LogP contribution in [0.15, 0.2) is 29.3 Å². The highest BCUT2D eigenvalue weighted by Crippen LogP contribution is 2.28. The van der Waals surface area contributed by atoms with Gasteiger partial charge >= 0.3 is 0 Å². The van der Waals surface area contributed by atoms with Crippen LogP contribution in [-0.2, 0) is 0 Å². The molecule has 0 amide bonds. The maximum atomic E-state index is 5.92. The molecule has 0 aliphatic heterocycles. The quantitative estimate of drug-likeness (QED) is 0.632. The maximum Gasteiger partial charge on any atom is 0.0573 e. The van der Waals surface area contributed by atoms with Gasteiger partial charge < -0.3 is 16.0 Å². The summed E-state index contributed by atoms with van der Waals surface area (Å²) in [5, 5.41) is 3.47. The lowest BCUT2D eigenvalue weighted by atomic mass is 9.82. The zero-order valence-corrected chi connectivity index (χ0v) is 11.1. The normalized spacial score (nSPS) is 24.3. The lowest BCUT2D eigenvalue weighted by Crippen LogP contribution is -2.22. The van der Waals surface area contributed by atoms with Crippen LogP contribution in [0.3, 0.4) is 0 Å².